The van der Waals surface area contributed by atoms with Crippen LogP contribution in [-0.4, -0.2) is 17.7 Å². The van der Waals surface area contributed by atoms with Crippen molar-refractivity contribution in [3.8, 4) is 0 Å². The van der Waals surface area contributed by atoms with E-state index in [1.165, 1.54) is 16.7 Å². The number of hydrogen-bond acceptors (Lipinski definition) is 3. The van der Waals surface area contributed by atoms with Gasteiger partial charge in [-0.3, -0.25) is 4.79 Å². The molecule has 0 saturated carbocycles. The molecule has 1 amide bonds. The lowest BCUT2D eigenvalue weighted by molar-refractivity contribution is -0.118. The van der Waals surface area contributed by atoms with Crippen LogP contribution in [0, 0.1) is 0 Å². The SMILES string of the molecule is O=C(COC(=S)Nc1cccc(Cc2ccccc2)c1Cc1ccccc1)Nc1ccc(Cl)c(Cl)c1Cl. The second-order valence-corrected chi connectivity index (χ2v) is 9.77. The molecule has 4 rings (SSSR count). The van der Waals surface area contributed by atoms with E-state index in [0.717, 1.165) is 17.7 Å². The lowest BCUT2D eigenvalue weighted by Crippen LogP contribution is -2.24. The Labute approximate surface area is 236 Å². The largest absolute Gasteiger partial charge is 0.461 e. The van der Waals surface area contributed by atoms with Crippen molar-refractivity contribution in [3.63, 3.8) is 0 Å². The van der Waals surface area contributed by atoms with Gasteiger partial charge < -0.3 is 15.4 Å². The van der Waals surface area contributed by atoms with Gasteiger partial charge in [-0.1, -0.05) is 108 Å². The van der Waals surface area contributed by atoms with Crippen molar-refractivity contribution in [2.75, 3.05) is 17.2 Å². The summed E-state index contributed by atoms with van der Waals surface area (Å²) in [6.45, 7) is -0.305. The van der Waals surface area contributed by atoms with E-state index in [-0.39, 0.29) is 21.8 Å². The van der Waals surface area contributed by atoms with E-state index >= 15 is 0 Å². The quantitative estimate of drug-likeness (QED) is 0.166. The number of carbonyl (C=O) groups is 1. The van der Waals surface area contributed by atoms with E-state index in [1.807, 2.05) is 48.5 Å². The van der Waals surface area contributed by atoms with E-state index in [0.29, 0.717) is 17.1 Å². The summed E-state index contributed by atoms with van der Waals surface area (Å²) in [6, 6.07) is 29.7. The van der Waals surface area contributed by atoms with E-state index in [4.69, 9.17) is 51.8 Å². The summed E-state index contributed by atoms with van der Waals surface area (Å²) in [5.41, 5.74) is 5.84. The van der Waals surface area contributed by atoms with Gasteiger partial charge in [-0.25, -0.2) is 0 Å². The number of hydrogen-bond donors (Lipinski definition) is 2. The summed E-state index contributed by atoms with van der Waals surface area (Å²) in [5.74, 6) is -0.438. The first-order valence-electron chi connectivity index (χ1n) is 11.5. The van der Waals surface area contributed by atoms with E-state index in [1.54, 1.807) is 12.1 Å². The Bertz CT molecular complexity index is 1400. The molecular weight excluding hydrogens is 547 g/mol. The molecule has 0 radical (unpaired) electrons. The molecule has 0 heterocycles. The fourth-order valence-corrected chi connectivity index (χ4v) is 4.58. The van der Waals surface area contributed by atoms with Gasteiger partial charge in [0.1, 0.15) is 0 Å². The minimum Gasteiger partial charge on any atom is -0.461 e. The molecular formula is C29H23Cl3N2O2S. The fraction of sp³-hybridized carbons (Fsp3) is 0.103. The van der Waals surface area contributed by atoms with Gasteiger partial charge in [0.2, 0.25) is 0 Å². The summed E-state index contributed by atoms with van der Waals surface area (Å²) < 4.78 is 5.54. The highest BCUT2D eigenvalue weighted by molar-refractivity contribution is 7.80. The smallest absolute Gasteiger partial charge is 0.262 e. The van der Waals surface area contributed by atoms with Crippen LogP contribution in [0.4, 0.5) is 11.4 Å². The number of anilines is 2. The summed E-state index contributed by atoms with van der Waals surface area (Å²) >= 11 is 23.5. The average molecular weight is 570 g/mol. The first-order chi connectivity index (χ1) is 17.9. The lowest BCUT2D eigenvalue weighted by atomic mass is 9.93. The molecule has 0 fully saturated rings. The van der Waals surface area contributed by atoms with Crippen LogP contribution >= 0.6 is 47.0 Å². The molecule has 188 valence electrons. The molecule has 0 saturated heterocycles. The minimum absolute atomic E-state index is 0.0848. The van der Waals surface area contributed by atoms with Gasteiger partial charge in [-0.05, 0) is 65.5 Å². The highest BCUT2D eigenvalue weighted by Crippen LogP contribution is 2.35. The first kappa shape index (κ1) is 27.0. The Morgan fingerprint density at radius 3 is 2.03 bits per heavy atom. The van der Waals surface area contributed by atoms with Gasteiger partial charge in [0.15, 0.2) is 6.61 Å². The topological polar surface area (TPSA) is 50.4 Å². The highest BCUT2D eigenvalue weighted by Gasteiger charge is 2.14. The maximum Gasteiger partial charge on any atom is 0.262 e. The van der Waals surface area contributed by atoms with Crippen molar-refractivity contribution in [1.29, 1.82) is 0 Å². The number of ether oxygens (including phenoxy) is 1. The molecule has 0 aromatic heterocycles. The van der Waals surface area contributed by atoms with Crippen LogP contribution in [0.2, 0.25) is 15.1 Å². The number of thiocarbonyl (C=S) groups is 1. The van der Waals surface area contributed by atoms with Crippen molar-refractivity contribution in [1.82, 2.24) is 0 Å². The third kappa shape index (κ3) is 7.46. The molecule has 4 aromatic carbocycles. The van der Waals surface area contributed by atoms with E-state index in [9.17, 15) is 4.79 Å². The van der Waals surface area contributed by atoms with Crippen molar-refractivity contribution >= 4 is 69.5 Å². The van der Waals surface area contributed by atoms with Gasteiger partial charge in [-0.15, -0.1) is 0 Å². The normalized spacial score (nSPS) is 10.6. The van der Waals surface area contributed by atoms with Gasteiger partial charge >= 0.3 is 0 Å². The minimum atomic E-state index is -0.438. The summed E-state index contributed by atoms with van der Waals surface area (Å²) in [6.07, 6.45) is 1.49. The lowest BCUT2D eigenvalue weighted by Gasteiger charge is -2.18. The van der Waals surface area contributed by atoms with Crippen molar-refractivity contribution in [2.24, 2.45) is 0 Å². The molecule has 0 atom stereocenters. The molecule has 4 aromatic rings. The third-order valence-corrected chi connectivity index (χ3v) is 7.13. The highest BCUT2D eigenvalue weighted by atomic mass is 35.5. The second kappa shape index (κ2) is 12.9. The molecule has 0 bridgehead atoms. The van der Waals surface area contributed by atoms with Crippen molar-refractivity contribution < 1.29 is 9.53 Å². The van der Waals surface area contributed by atoms with Crippen LogP contribution in [0.25, 0.3) is 0 Å². The fourth-order valence-electron chi connectivity index (χ4n) is 3.83. The molecule has 2 N–H and O–H groups in total. The van der Waals surface area contributed by atoms with Crippen LogP contribution < -0.4 is 10.6 Å². The van der Waals surface area contributed by atoms with Gasteiger partial charge in [-0.2, -0.15) is 0 Å². The van der Waals surface area contributed by atoms with Gasteiger partial charge in [0.05, 0.1) is 20.8 Å². The zero-order chi connectivity index (χ0) is 26.2. The maximum absolute atomic E-state index is 12.4. The van der Waals surface area contributed by atoms with Crippen LogP contribution in [0.5, 0.6) is 0 Å². The zero-order valence-corrected chi connectivity index (χ0v) is 22.7. The molecule has 0 aliphatic heterocycles. The standard InChI is InChI=1S/C29H23Cl3N2O2S/c30-23-14-15-25(28(32)27(23)31)33-26(35)18-36-29(37)34-24-13-7-12-21(16-19-8-3-1-4-9-19)22(24)17-20-10-5-2-6-11-20/h1-15H,16-18H2,(H,33,35)(H,34,37). The van der Waals surface area contributed by atoms with E-state index in [2.05, 4.69) is 41.0 Å². The number of rotatable bonds is 8. The number of halogens is 3. The molecule has 0 aliphatic rings. The number of benzene rings is 4. The zero-order valence-electron chi connectivity index (χ0n) is 19.6. The predicted molar refractivity (Wildman–Crippen MR) is 157 cm³/mol. The molecule has 0 unspecified atom stereocenters. The Morgan fingerprint density at radius 1 is 0.703 bits per heavy atom. The number of carbonyl (C=O) groups excluding carboxylic acids is 1. The molecule has 37 heavy (non-hydrogen) atoms. The Hall–Kier alpha value is -3.09. The van der Waals surface area contributed by atoms with Crippen LogP contribution in [-0.2, 0) is 22.4 Å². The van der Waals surface area contributed by atoms with Crippen LogP contribution in [0.1, 0.15) is 22.3 Å². The molecule has 0 aliphatic carbocycles. The Balaban J connectivity index is 1.46. The average Bonchev–Trinajstić information content (AvgIpc) is 2.91. The monoisotopic (exact) mass is 568 g/mol. The Morgan fingerprint density at radius 2 is 1.35 bits per heavy atom. The molecule has 0 spiro atoms. The first-order valence-corrected chi connectivity index (χ1v) is 13.0. The summed E-state index contributed by atoms with van der Waals surface area (Å²) in [7, 11) is 0. The maximum atomic E-state index is 12.4. The summed E-state index contributed by atoms with van der Waals surface area (Å²) in [4.78, 5) is 12.4. The van der Waals surface area contributed by atoms with E-state index < -0.39 is 5.91 Å². The van der Waals surface area contributed by atoms with Gasteiger partial charge in [0.25, 0.3) is 11.1 Å². The van der Waals surface area contributed by atoms with Crippen LogP contribution in [0.3, 0.4) is 0 Å². The summed E-state index contributed by atoms with van der Waals surface area (Å²) in [5, 5.41) is 6.53. The Kier molecular flexibility index (Phi) is 9.42. The molecule has 8 heteroatoms. The molecule has 4 nitrogen and oxygen atoms in total. The number of nitrogens with one attached hydrogen (secondary N) is 2. The number of amides is 1. The second-order valence-electron chi connectivity index (χ2n) is 8.24. The van der Waals surface area contributed by atoms with Gasteiger partial charge in [0, 0.05) is 5.69 Å². The van der Waals surface area contributed by atoms with Crippen molar-refractivity contribution in [2.45, 2.75) is 12.8 Å². The van der Waals surface area contributed by atoms with Crippen LogP contribution in [0.15, 0.2) is 91.0 Å². The van der Waals surface area contributed by atoms with Crippen molar-refractivity contribution in [3.05, 3.63) is 128 Å². The third-order valence-electron chi connectivity index (χ3n) is 5.61. The predicted octanol–water partition coefficient (Wildman–Crippen LogP) is 8.18.